The number of carbonyl (C=O) groups excluding carboxylic acids is 2. The number of carbonyl (C=O) groups is 2. The predicted molar refractivity (Wildman–Crippen MR) is 67.8 cm³/mol. The highest BCUT2D eigenvalue weighted by atomic mass is 16.7. The highest BCUT2D eigenvalue weighted by molar-refractivity contribution is 5.96. The number of nitrogens with one attached hydrogen (secondary N) is 1. The van der Waals surface area contributed by atoms with Crippen LogP contribution in [-0.4, -0.2) is 24.8 Å². The van der Waals surface area contributed by atoms with Gasteiger partial charge in [-0.3, -0.25) is 10.1 Å². The second-order valence-electron chi connectivity index (χ2n) is 5.01. The van der Waals surface area contributed by atoms with E-state index in [1.54, 1.807) is 32.9 Å². The van der Waals surface area contributed by atoms with Crippen LogP contribution in [0.25, 0.3) is 0 Å². The molecule has 1 aliphatic rings. The minimum Gasteiger partial charge on any atom is -0.454 e. The van der Waals surface area contributed by atoms with Crippen molar-refractivity contribution >= 4 is 18.1 Å². The van der Waals surface area contributed by atoms with Gasteiger partial charge in [-0.05, 0) is 32.9 Å². The van der Waals surface area contributed by atoms with Gasteiger partial charge >= 0.3 is 6.09 Å². The highest BCUT2D eigenvalue weighted by Crippen LogP contribution is 2.38. The molecule has 0 fully saturated rings. The highest BCUT2D eigenvalue weighted by Gasteiger charge is 2.23. The molecule has 6 nitrogen and oxygen atoms in total. The fraction of sp³-hybridized carbons (Fsp3) is 0.385. The minimum absolute atomic E-state index is 0.0616. The summed E-state index contributed by atoms with van der Waals surface area (Å²) in [5.74, 6) is 0.820. The summed E-state index contributed by atoms with van der Waals surface area (Å²) >= 11 is 0. The van der Waals surface area contributed by atoms with Gasteiger partial charge < -0.3 is 14.2 Å². The van der Waals surface area contributed by atoms with Crippen molar-refractivity contribution in [2.75, 3.05) is 12.1 Å². The van der Waals surface area contributed by atoms with Gasteiger partial charge in [-0.2, -0.15) is 0 Å². The van der Waals surface area contributed by atoms with E-state index < -0.39 is 11.7 Å². The van der Waals surface area contributed by atoms with Gasteiger partial charge in [-0.1, -0.05) is 0 Å². The molecule has 0 bridgehead atoms. The zero-order valence-electron chi connectivity index (χ0n) is 11.0. The average Bonchev–Trinajstić information content (AvgIpc) is 2.74. The van der Waals surface area contributed by atoms with E-state index in [1.807, 2.05) is 0 Å². The molecule has 0 aromatic heterocycles. The van der Waals surface area contributed by atoms with Gasteiger partial charge in [0.25, 0.3) is 0 Å². The zero-order valence-corrected chi connectivity index (χ0v) is 11.0. The molecule has 0 unspecified atom stereocenters. The number of ether oxygens (including phenoxy) is 3. The van der Waals surface area contributed by atoms with Gasteiger partial charge in [0, 0.05) is 0 Å². The molecule has 0 spiro atoms. The first-order valence-corrected chi connectivity index (χ1v) is 5.78. The van der Waals surface area contributed by atoms with Gasteiger partial charge in [-0.25, -0.2) is 4.79 Å². The Hall–Kier alpha value is -2.24. The summed E-state index contributed by atoms with van der Waals surface area (Å²) in [6.45, 7) is 5.33. The smallest absolute Gasteiger partial charge is 0.412 e. The fourth-order valence-electron chi connectivity index (χ4n) is 1.63. The van der Waals surface area contributed by atoms with E-state index in [0.717, 1.165) is 0 Å². The summed E-state index contributed by atoms with van der Waals surface area (Å²) in [5.41, 5.74) is -0.0451. The lowest BCUT2D eigenvalue weighted by Crippen LogP contribution is -2.27. The number of aldehydes is 1. The molecule has 102 valence electrons. The topological polar surface area (TPSA) is 73.9 Å². The van der Waals surface area contributed by atoms with Crippen molar-refractivity contribution in [3.63, 3.8) is 0 Å². The SMILES string of the molecule is CC(C)(C)OC(=O)Nc1ccc2c(c1C=O)OCO2. The summed E-state index contributed by atoms with van der Waals surface area (Å²) in [5, 5.41) is 2.52. The van der Waals surface area contributed by atoms with Crippen LogP contribution < -0.4 is 14.8 Å². The van der Waals surface area contributed by atoms with Gasteiger partial charge in [0.15, 0.2) is 17.8 Å². The van der Waals surface area contributed by atoms with Crippen molar-refractivity contribution in [2.24, 2.45) is 0 Å². The molecule has 6 heteroatoms. The van der Waals surface area contributed by atoms with Crippen LogP contribution in [0.1, 0.15) is 31.1 Å². The Balaban J connectivity index is 2.22. The van der Waals surface area contributed by atoms with E-state index in [9.17, 15) is 9.59 Å². The first kappa shape index (κ1) is 13.2. The van der Waals surface area contributed by atoms with Crippen LogP contribution >= 0.6 is 0 Å². The summed E-state index contributed by atoms with van der Waals surface area (Å²) in [4.78, 5) is 22.8. The quantitative estimate of drug-likeness (QED) is 0.832. The van der Waals surface area contributed by atoms with Crippen molar-refractivity contribution in [1.82, 2.24) is 0 Å². The molecule has 0 aliphatic carbocycles. The van der Waals surface area contributed by atoms with E-state index in [0.29, 0.717) is 23.5 Å². The first-order chi connectivity index (χ1) is 8.90. The Labute approximate surface area is 110 Å². The molecule has 0 atom stereocenters. The maximum absolute atomic E-state index is 11.7. The van der Waals surface area contributed by atoms with Gasteiger partial charge in [-0.15, -0.1) is 0 Å². The van der Waals surface area contributed by atoms with Crippen molar-refractivity contribution in [3.05, 3.63) is 17.7 Å². The normalized spacial score (nSPS) is 13.0. The van der Waals surface area contributed by atoms with Crippen LogP contribution in [0.5, 0.6) is 11.5 Å². The van der Waals surface area contributed by atoms with E-state index in [-0.39, 0.29) is 12.4 Å². The summed E-state index contributed by atoms with van der Waals surface area (Å²) in [7, 11) is 0. The van der Waals surface area contributed by atoms with Crippen LogP contribution in [0.15, 0.2) is 12.1 Å². The maximum Gasteiger partial charge on any atom is 0.412 e. The van der Waals surface area contributed by atoms with E-state index in [2.05, 4.69) is 5.32 Å². The van der Waals surface area contributed by atoms with Crippen LogP contribution in [0.2, 0.25) is 0 Å². The number of amides is 1. The van der Waals surface area contributed by atoms with Gasteiger partial charge in [0.2, 0.25) is 6.79 Å². The third kappa shape index (κ3) is 2.96. The predicted octanol–water partition coefficient (Wildman–Crippen LogP) is 2.57. The molecular weight excluding hydrogens is 250 g/mol. The molecule has 0 saturated carbocycles. The average molecular weight is 265 g/mol. The van der Waals surface area contributed by atoms with Gasteiger partial charge in [0.05, 0.1) is 11.3 Å². The van der Waals surface area contributed by atoms with E-state index in [4.69, 9.17) is 14.2 Å². The van der Waals surface area contributed by atoms with Crippen molar-refractivity contribution in [1.29, 1.82) is 0 Å². The number of rotatable bonds is 2. The Morgan fingerprint density at radius 1 is 1.37 bits per heavy atom. The molecule has 0 radical (unpaired) electrons. The van der Waals surface area contributed by atoms with Gasteiger partial charge in [0.1, 0.15) is 5.60 Å². The molecule has 1 heterocycles. The summed E-state index contributed by atoms with van der Waals surface area (Å²) in [6.07, 6.45) is -0.0188. The Kier molecular flexibility index (Phi) is 3.33. The third-order valence-electron chi connectivity index (χ3n) is 2.33. The lowest BCUT2D eigenvalue weighted by molar-refractivity contribution is 0.0636. The van der Waals surface area contributed by atoms with Crippen LogP contribution in [0.3, 0.4) is 0 Å². The Morgan fingerprint density at radius 2 is 2.11 bits per heavy atom. The Bertz CT molecular complexity index is 519. The number of hydrogen-bond acceptors (Lipinski definition) is 5. The maximum atomic E-state index is 11.7. The lowest BCUT2D eigenvalue weighted by atomic mass is 10.1. The molecule has 0 saturated heterocycles. The summed E-state index contributed by atoms with van der Waals surface area (Å²) in [6, 6.07) is 3.20. The molecule has 1 N–H and O–H groups in total. The zero-order chi connectivity index (χ0) is 14.0. The number of anilines is 1. The van der Waals surface area contributed by atoms with Crippen LogP contribution in [0.4, 0.5) is 10.5 Å². The molecular formula is C13H15NO5. The minimum atomic E-state index is -0.630. The summed E-state index contributed by atoms with van der Waals surface area (Å²) < 4.78 is 15.5. The number of fused-ring (bicyclic) bond motifs is 1. The largest absolute Gasteiger partial charge is 0.454 e. The second kappa shape index (κ2) is 4.79. The molecule has 1 aliphatic heterocycles. The number of hydrogen-bond donors (Lipinski definition) is 1. The molecule has 19 heavy (non-hydrogen) atoms. The molecule has 1 amide bonds. The Morgan fingerprint density at radius 3 is 2.74 bits per heavy atom. The monoisotopic (exact) mass is 265 g/mol. The standard InChI is InChI=1S/C13H15NO5/c1-13(2,3)19-12(16)14-9-4-5-10-11(8(9)6-15)18-7-17-10/h4-6H,7H2,1-3H3,(H,14,16). The molecule has 1 aromatic rings. The van der Waals surface area contributed by atoms with E-state index in [1.165, 1.54) is 0 Å². The first-order valence-electron chi connectivity index (χ1n) is 5.78. The molecule has 2 rings (SSSR count). The lowest BCUT2D eigenvalue weighted by Gasteiger charge is -2.20. The fourth-order valence-corrected chi connectivity index (χ4v) is 1.63. The number of benzene rings is 1. The van der Waals surface area contributed by atoms with E-state index >= 15 is 0 Å². The molecule has 1 aromatic carbocycles. The van der Waals surface area contributed by atoms with Crippen LogP contribution in [-0.2, 0) is 4.74 Å². The second-order valence-corrected chi connectivity index (χ2v) is 5.01. The van der Waals surface area contributed by atoms with Crippen molar-refractivity contribution < 1.29 is 23.8 Å². The van der Waals surface area contributed by atoms with Crippen molar-refractivity contribution in [2.45, 2.75) is 26.4 Å². The van der Waals surface area contributed by atoms with Crippen LogP contribution in [0, 0.1) is 0 Å². The van der Waals surface area contributed by atoms with Crippen molar-refractivity contribution in [3.8, 4) is 11.5 Å². The third-order valence-corrected chi connectivity index (χ3v) is 2.33.